The Morgan fingerprint density at radius 3 is 2.62 bits per heavy atom. The molecule has 0 aromatic heterocycles. The number of aromatic hydroxyl groups is 1. The van der Waals surface area contributed by atoms with Crippen LogP contribution in [0.2, 0.25) is 5.02 Å². The van der Waals surface area contributed by atoms with E-state index in [0.717, 1.165) is 41.1 Å². The number of hydrogen-bond acceptors (Lipinski definition) is 4. The number of benzene rings is 2. The number of phenolic OH excluding ortho intramolecular Hbond substituents is 1. The number of amides is 1. The first-order valence-electron chi connectivity index (χ1n) is 13.7. The van der Waals surface area contributed by atoms with E-state index in [4.69, 9.17) is 16.3 Å². The van der Waals surface area contributed by atoms with Crippen LogP contribution in [0.15, 0.2) is 42.0 Å². The van der Waals surface area contributed by atoms with E-state index < -0.39 is 5.60 Å². The Hall–Kier alpha value is -2.50. The summed E-state index contributed by atoms with van der Waals surface area (Å²) in [6.07, 6.45) is 5.69. The van der Waals surface area contributed by atoms with Crippen molar-refractivity contribution in [2.45, 2.75) is 78.2 Å². The van der Waals surface area contributed by atoms with Crippen molar-refractivity contribution < 1.29 is 14.6 Å². The lowest BCUT2D eigenvalue weighted by molar-refractivity contribution is -0.117. The van der Waals surface area contributed by atoms with Gasteiger partial charge in [0.2, 0.25) is 5.91 Å². The van der Waals surface area contributed by atoms with Gasteiger partial charge in [0, 0.05) is 23.8 Å². The van der Waals surface area contributed by atoms with Crippen molar-refractivity contribution >= 4 is 28.8 Å². The first-order chi connectivity index (χ1) is 17.6. The van der Waals surface area contributed by atoms with E-state index in [1.807, 2.05) is 6.07 Å². The molecule has 0 fully saturated rings. The molecule has 2 unspecified atom stereocenters. The van der Waals surface area contributed by atoms with Gasteiger partial charge in [-0.15, -0.1) is 0 Å². The molecule has 0 saturated heterocycles. The van der Waals surface area contributed by atoms with E-state index in [1.54, 1.807) is 24.3 Å². The maximum absolute atomic E-state index is 12.8. The molecule has 0 saturated carbocycles. The van der Waals surface area contributed by atoms with Gasteiger partial charge < -0.3 is 15.2 Å². The Morgan fingerprint density at radius 2 is 1.92 bits per heavy atom. The minimum Gasteiger partial charge on any atom is -0.507 e. The second-order valence-electron chi connectivity index (χ2n) is 11.3. The molecule has 200 valence electrons. The Balaban J connectivity index is 1.53. The molecular formula is C31H41ClN2O3. The Bertz CT molecular complexity index is 1160. The summed E-state index contributed by atoms with van der Waals surface area (Å²) in [5, 5.41) is 14.8. The van der Waals surface area contributed by atoms with Crippen molar-refractivity contribution in [3.05, 3.63) is 58.1 Å². The topological polar surface area (TPSA) is 61.8 Å². The summed E-state index contributed by atoms with van der Waals surface area (Å²) < 4.78 is 6.52. The van der Waals surface area contributed by atoms with Crippen molar-refractivity contribution in [3.63, 3.8) is 0 Å². The monoisotopic (exact) mass is 524 g/mol. The number of anilines is 1. The fourth-order valence-corrected chi connectivity index (χ4v) is 5.81. The average molecular weight is 525 g/mol. The molecule has 0 bridgehead atoms. The summed E-state index contributed by atoms with van der Waals surface area (Å²) in [6, 6.07) is 11.2. The van der Waals surface area contributed by atoms with Crippen LogP contribution in [-0.2, 0) is 4.79 Å². The van der Waals surface area contributed by atoms with Crippen LogP contribution in [0.1, 0.15) is 83.8 Å². The summed E-state index contributed by atoms with van der Waals surface area (Å²) >= 11 is 5.96. The molecule has 0 radical (unpaired) electrons. The zero-order valence-electron chi connectivity index (χ0n) is 22.9. The zero-order valence-corrected chi connectivity index (χ0v) is 23.6. The van der Waals surface area contributed by atoms with Crippen LogP contribution >= 0.6 is 11.6 Å². The number of halogens is 1. The summed E-state index contributed by atoms with van der Waals surface area (Å²) in [5.41, 5.74) is 4.47. The van der Waals surface area contributed by atoms with Gasteiger partial charge >= 0.3 is 0 Å². The number of unbranched alkanes of at least 4 members (excludes halogenated alkanes) is 2. The molecule has 2 aliphatic rings. The summed E-state index contributed by atoms with van der Waals surface area (Å²) in [7, 11) is 0. The number of fused-ring (bicyclic) bond motifs is 2. The largest absolute Gasteiger partial charge is 0.507 e. The number of carbonyl (C=O) groups is 1. The second-order valence-corrected chi connectivity index (χ2v) is 11.7. The number of rotatable bonds is 9. The molecule has 37 heavy (non-hydrogen) atoms. The van der Waals surface area contributed by atoms with Crippen LogP contribution in [0.25, 0.3) is 5.57 Å². The third-order valence-corrected chi connectivity index (χ3v) is 8.31. The average Bonchev–Trinajstić information content (AvgIpc) is 2.84. The number of nitrogens with one attached hydrogen (secondary N) is 1. The van der Waals surface area contributed by atoms with Crippen LogP contribution in [0.5, 0.6) is 11.5 Å². The third kappa shape index (κ3) is 6.32. The lowest BCUT2D eigenvalue weighted by Crippen LogP contribution is -2.44. The highest BCUT2D eigenvalue weighted by Gasteiger charge is 2.39. The molecule has 2 atom stereocenters. The van der Waals surface area contributed by atoms with Gasteiger partial charge in [-0.2, -0.15) is 0 Å². The van der Waals surface area contributed by atoms with Crippen LogP contribution < -0.4 is 10.1 Å². The molecule has 2 N–H and O–H groups in total. The molecule has 2 heterocycles. The van der Waals surface area contributed by atoms with Crippen molar-refractivity contribution in [1.82, 2.24) is 4.90 Å². The Kier molecular flexibility index (Phi) is 8.55. The minimum absolute atomic E-state index is 0.0663. The predicted octanol–water partition coefficient (Wildman–Crippen LogP) is 7.63. The molecular weight excluding hydrogens is 484 g/mol. The van der Waals surface area contributed by atoms with Gasteiger partial charge in [-0.25, -0.2) is 0 Å². The first-order valence-corrected chi connectivity index (χ1v) is 14.0. The molecule has 1 amide bonds. The van der Waals surface area contributed by atoms with Gasteiger partial charge in [-0.05, 0) is 85.2 Å². The second kappa shape index (κ2) is 11.5. The third-order valence-electron chi connectivity index (χ3n) is 8.06. The van der Waals surface area contributed by atoms with Gasteiger partial charge in [-0.1, -0.05) is 58.1 Å². The van der Waals surface area contributed by atoms with E-state index in [1.165, 1.54) is 31.3 Å². The Labute approximate surface area is 226 Å². The minimum atomic E-state index is -0.457. The van der Waals surface area contributed by atoms with E-state index in [0.29, 0.717) is 23.4 Å². The van der Waals surface area contributed by atoms with Crippen molar-refractivity contribution in [3.8, 4) is 11.5 Å². The van der Waals surface area contributed by atoms with E-state index in [-0.39, 0.29) is 18.2 Å². The summed E-state index contributed by atoms with van der Waals surface area (Å²) in [5.74, 6) is 1.81. The zero-order chi connectivity index (χ0) is 26.7. The molecule has 4 rings (SSSR count). The fourth-order valence-electron chi connectivity index (χ4n) is 5.68. The SMILES string of the molecule is CCCCCC(C)C(C)c1cc(O)c2c(c1)OC(C)(C)C1=C2CN(CC(=O)Nc2ccc(Cl)cc2)CC1. The number of hydrogen-bond donors (Lipinski definition) is 2. The molecule has 2 aromatic rings. The molecule has 2 aromatic carbocycles. The van der Waals surface area contributed by atoms with Crippen LogP contribution in [0, 0.1) is 5.92 Å². The lowest BCUT2D eigenvalue weighted by atomic mass is 9.79. The van der Waals surface area contributed by atoms with Crippen LogP contribution in [0.4, 0.5) is 5.69 Å². The van der Waals surface area contributed by atoms with Gasteiger partial charge in [0.25, 0.3) is 0 Å². The van der Waals surface area contributed by atoms with Gasteiger partial charge in [0.15, 0.2) is 0 Å². The molecule has 0 spiro atoms. The van der Waals surface area contributed by atoms with E-state index in [2.05, 4.69) is 50.9 Å². The molecule has 5 nitrogen and oxygen atoms in total. The van der Waals surface area contributed by atoms with Crippen molar-refractivity contribution in [2.24, 2.45) is 5.92 Å². The highest BCUT2D eigenvalue weighted by Crippen LogP contribution is 2.49. The lowest BCUT2D eigenvalue weighted by Gasteiger charge is -2.42. The molecule has 2 aliphatic heterocycles. The maximum atomic E-state index is 12.8. The highest BCUT2D eigenvalue weighted by atomic mass is 35.5. The fraction of sp³-hybridized carbons (Fsp3) is 0.516. The molecule has 0 aliphatic carbocycles. The summed E-state index contributed by atoms with van der Waals surface area (Å²) in [4.78, 5) is 14.9. The van der Waals surface area contributed by atoms with Gasteiger partial charge in [-0.3, -0.25) is 9.69 Å². The van der Waals surface area contributed by atoms with Crippen molar-refractivity contribution in [2.75, 3.05) is 25.0 Å². The number of carbonyl (C=O) groups excluding carboxylic acids is 1. The maximum Gasteiger partial charge on any atom is 0.238 e. The van der Waals surface area contributed by atoms with Gasteiger partial charge in [0.1, 0.15) is 17.1 Å². The summed E-state index contributed by atoms with van der Waals surface area (Å²) in [6.45, 7) is 12.6. The van der Waals surface area contributed by atoms with Gasteiger partial charge in [0.05, 0.1) is 12.1 Å². The quantitative estimate of drug-likeness (QED) is 0.331. The van der Waals surface area contributed by atoms with E-state index >= 15 is 0 Å². The number of nitrogens with zero attached hydrogens (tertiary/aromatic N) is 1. The normalized spacial score (nSPS) is 18.4. The predicted molar refractivity (Wildman–Crippen MR) is 153 cm³/mol. The standard InChI is InChI=1S/C31H41ClN2O3/c1-6-7-8-9-20(2)21(3)22-16-27(35)30-25-18-34(15-14-26(25)31(4,5)37-28(30)17-22)19-29(36)33-24-12-10-23(32)11-13-24/h10-13,16-17,20-21,35H,6-9,14-15,18-19H2,1-5H3,(H,33,36). The Morgan fingerprint density at radius 1 is 1.19 bits per heavy atom. The highest BCUT2D eigenvalue weighted by molar-refractivity contribution is 6.30. The smallest absolute Gasteiger partial charge is 0.238 e. The van der Waals surface area contributed by atoms with Crippen molar-refractivity contribution in [1.29, 1.82) is 0 Å². The molecule has 6 heteroatoms. The number of phenols is 1. The van der Waals surface area contributed by atoms with E-state index in [9.17, 15) is 9.90 Å². The van der Waals surface area contributed by atoms with Crippen LogP contribution in [-0.4, -0.2) is 41.1 Å². The van der Waals surface area contributed by atoms with Crippen LogP contribution in [0.3, 0.4) is 0 Å². The first kappa shape index (κ1) is 27.5. The number of ether oxygens (including phenoxy) is 1.